The molecule has 1 saturated carbocycles. The minimum atomic E-state index is 0.0630. The number of hydrogen-bond acceptors (Lipinski definition) is 3. The molecule has 3 fully saturated rings. The lowest BCUT2D eigenvalue weighted by Crippen LogP contribution is -2.41. The van der Waals surface area contributed by atoms with Gasteiger partial charge in [0.05, 0.1) is 0 Å². The van der Waals surface area contributed by atoms with Crippen molar-refractivity contribution < 1.29 is 4.79 Å². The number of amides is 1. The van der Waals surface area contributed by atoms with Gasteiger partial charge in [-0.15, -0.1) is 0 Å². The number of anilines is 1. The largest absolute Gasteiger partial charge is 0.372 e. The van der Waals surface area contributed by atoms with Gasteiger partial charge in [-0.3, -0.25) is 9.69 Å². The Bertz CT molecular complexity index is 715. The van der Waals surface area contributed by atoms with Crippen molar-refractivity contribution in [3.05, 3.63) is 35.5 Å². The van der Waals surface area contributed by atoms with E-state index in [2.05, 4.69) is 29.2 Å². The van der Waals surface area contributed by atoms with E-state index in [1.807, 2.05) is 22.9 Å². The van der Waals surface area contributed by atoms with Crippen LogP contribution in [-0.2, 0) is 4.79 Å². The van der Waals surface area contributed by atoms with Crippen LogP contribution in [0.15, 0.2) is 30.0 Å². The summed E-state index contributed by atoms with van der Waals surface area (Å²) in [7, 11) is 1.91. The van der Waals surface area contributed by atoms with Gasteiger partial charge in [-0.1, -0.05) is 31.4 Å². The topological polar surface area (TPSA) is 26.8 Å². The van der Waals surface area contributed by atoms with Crippen LogP contribution in [0.3, 0.4) is 0 Å². The number of carbonyl (C=O) groups excluding carboxylic acids is 1. The van der Waals surface area contributed by atoms with E-state index in [0.717, 1.165) is 31.5 Å². The van der Waals surface area contributed by atoms with Crippen molar-refractivity contribution >= 4 is 35.0 Å². The zero-order chi connectivity index (χ0) is 18.1. The summed E-state index contributed by atoms with van der Waals surface area (Å²) < 4.78 is 0. The Morgan fingerprint density at radius 2 is 1.65 bits per heavy atom. The van der Waals surface area contributed by atoms with E-state index in [1.54, 1.807) is 0 Å². The highest BCUT2D eigenvalue weighted by Crippen LogP contribution is 2.31. The van der Waals surface area contributed by atoms with Crippen molar-refractivity contribution in [2.24, 2.45) is 0 Å². The van der Waals surface area contributed by atoms with E-state index < -0.39 is 0 Å². The molecule has 0 unspecified atom stereocenters. The van der Waals surface area contributed by atoms with E-state index in [1.165, 1.54) is 37.8 Å². The molecular formula is C21H27N3OS. The minimum absolute atomic E-state index is 0.0630. The van der Waals surface area contributed by atoms with Gasteiger partial charge in [-0.25, -0.2) is 0 Å². The molecule has 1 aliphatic carbocycles. The lowest BCUT2D eigenvalue weighted by Gasteiger charge is -2.30. The Kier molecular flexibility index (Phi) is 4.98. The molecular weight excluding hydrogens is 342 g/mol. The number of rotatable bonds is 3. The van der Waals surface area contributed by atoms with Crippen LogP contribution >= 0.6 is 12.2 Å². The standard InChI is InChI=1S/C21H27N3OS/c1-22-19(20(25)24(21(22)26)18-7-3-2-4-8-18)15-16-9-11-17(12-10-16)23-13-5-6-14-23/h9-12,15,18H,2-8,13-14H2,1H3. The molecule has 0 aromatic heterocycles. The minimum Gasteiger partial charge on any atom is -0.372 e. The highest BCUT2D eigenvalue weighted by atomic mass is 32.1. The zero-order valence-electron chi connectivity index (χ0n) is 15.5. The molecule has 26 heavy (non-hydrogen) atoms. The number of thiocarbonyl (C=S) groups is 1. The number of nitrogens with zero attached hydrogens (tertiary/aromatic N) is 3. The summed E-state index contributed by atoms with van der Waals surface area (Å²) >= 11 is 5.59. The third kappa shape index (κ3) is 3.25. The first-order chi connectivity index (χ1) is 12.6. The van der Waals surface area contributed by atoms with Crippen molar-refractivity contribution in [2.75, 3.05) is 25.0 Å². The molecule has 0 atom stereocenters. The Morgan fingerprint density at radius 1 is 1.00 bits per heavy atom. The average Bonchev–Trinajstić information content (AvgIpc) is 3.27. The molecule has 2 aliphatic heterocycles. The number of hydrogen-bond donors (Lipinski definition) is 0. The highest BCUT2D eigenvalue weighted by molar-refractivity contribution is 7.80. The maximum absolute atomic E-state index is 13.0. The third-order valence-electron chi connectivity index (χ3n) is 5.90. The van der Waals surface area contributed by atoms with Gasteiger partial charge in [0.2, 0.25) is 0 Å². The van der Waals surface area contributed by atoms with E-state index >= 15 is 0 Å². The van der Waals surface area contributed by atoms with Crippen LogP contribution in [0.4, 0.5) is 5.69 Å². The Balaban J connectivity index is 1.54. The molecule has 0 bridgehead atoms. The molecule has 0 radical (unpaired) electrons. The van der Waals surface area contributed by atoms with Crippen LogP contribution in [0.25, 0.3) is 6.08 Å². The molecule has 1 amide bonds. The molecule has 5 heteroatoms. The first-order valence-corrected chi connectivity index (χ1v) is 10.2. The molecule has 2 saturated heterocycles. The Labute approximate surface area is 161 Å². The maximum atomic E-state index is 13.0. The van der Waals surface area contributed by atoms with Crippen LogP contribution in [0.2, 0.25) is 0 Å². The van der Waals surface area contributed by atoms with Crippen molar-refractivity contribution in [2.45, 2.75) is 51.0 Å². The van der Waals surface area contributed by atoms with Crippen LogP contribution in [0.5, 0.6) is 0 Å². The van der Waals surface area contributed by atoms with Crippen molar-refractivity contribution in [3.8, 4) is 0 Å². The van der Waals surface area contributed by atoms with Gasteiger partial charge in [-0.05, 0) is 61.7 Å². The molecule has 2 heterocycles. The second-order valence-electron chi connectivity index (χ2n) is 7.62. The fourth-order valence-corrected chi connectivity index (χ4v) is 4.68. The van der Waals surface area contributed by atoms with Gasteiger partial charge >= 0.3 is 0 Å². The van der Waals surface area contributed by atoms with Crippen molar-refractivity contribution in [3.63, 3.8) is 0 Å². The first-order valence-electron chi connectivity index (χ1n) is 9.83. The molecule has 0 spiro atoms. The molecule has 1 aromatic rings. The van der Waals surface area contributed by atoms with Crippen LogP contribution < -0.4 is 4.90 Å². The molecule has 4 rings (SSSR count). The quantitative estimate of drug-likeness (QED) is 0.594. The second kappa shape index (κ2) is 7.39. The molecule has 4 nitrogen and oxygen atoms in total. The maximum Gasteiger partial charge on any atom is 0.277 e. The summed E-state index contributed by atoms with van der Waals surface area (Å²) in [6, 6.07) is 8.81. The predicted octanol–water partition coefficient (Wildman–Crippen LogP) is 4.02. The zero-order valence-corrected chi connectivity index (χ0v) is 16.3. The normalized spacial score (nSPS) is 23.6. The van der Waals surface area contributed by atoms with Gasteiger partial charge in [-0.2, -0.15) is 0 Å². The second-order valence-corrected chi connectivity index (χ2v) is 7.99. The van der Waals surface area contributed by atoms with Crippen LogP contribution in [-0.4, -0.2) is 47.0 Å². The Hall–Kier alpha value is -1.88. The predicted molar refractivity (Wildman–Crippen MR) is 110 cm³/mol. The smallest absolute Gasteiger partial charge is 0.277 e. The van der Waals surface area contributed by atoms with E-state index in [-0.39, 0.29) is 11.9 Å². The summed E-state index contributed by atoms with van der Waals surface area (Å²) in [6.45, 7) is 2.29. The molecule has 0 N–H and O–H groups in total. The number of benzene rings is 1. The molecule has 1 aromatic carbocycles. The Morgan fingerprint density at radius 3 is 2.31 bits per heavy atom. The average molecular weight is 370 g/mol. The number of likely N-dealkylation sites (N-methyl/N-ethyl adjacent to an activating group) is 1. The SMILES string of the molecule is CN1C(=S)N(C2CCCCC2)C(=O)C1=Cc1ccc(N2CCCC2)cc1. The van der Waals surface area contributed by atoms with E-state index in [9.17, 15) is 4.79 Å². The van der Waals surface area contributed by atoms with Crippen LogP contribution in [0.1, 0.15) is 50.5 Å². The van der Waals surface area contributed by atoms with Gasteiger partial charge in [0, 0.05) is 31.9 Å². The lowest BCUT2D eigenvalue weighted by molar-refractivity contribution is -0.124. The summed E-state index contributed by atoms with van der Waals surface area (Å²) in [6.07, 6.45) is 10.3. The summed E-state index contributed by atoms with van der Waals surface area (Å²) in [5.74, 6) is 0.0630. The third-order valence-corrected chi connectivity index (χ3v) is 6.37. The van der Waals surface area contributed by atoms with Crippen molar-refractivity contribution in [1.82, 2.24) is 9.80 Å². The van der Waals surface area contributed by atoms with Gasteiger partial charge < -0.3 is 9.80 Å². The first kappa shape index (κ1) is 17.5. The highest BCUT2D eigenvalue weighted by Gasteiger charge is 2.40. The van der Waals surface area contributed by atoms with E-state index in [0.29, 0.717) is 10.8 Å². The molecule has 138 valence electrons. The van der Waals surface area contributed by atoms with Gasteiger partial charge in [0.1, 0.15) is 5.70 Å². The summed E-state index contributed by atoms with van der Waals surface area (Å²) in [5, 5.41) is 0.654. The summed E-state index contributed by atoms with van der Waals surface area (Å²) in [4.78, 5) is 19.2. The fraction of sp³-hybridized carbons (Fsp3) is 0.524. The van der Waals surface area contributed by atoms with Gasteiger partial charge in [0.15, 0.2) is 5.11 Å². The van der Waals surface area contributed by atoms with E-state index in [4.69, 9.17) is 12.2 Å². The van der Waals surface area contributed by atoms with Crippen molar-refractivity contribution in [1.29, 1.82) is 0 Å². The number of carbonyl (C=O) groups is 1. The molecule has 3 aliphatic rings. The van der Waals surface area contributed by atoms with Crippen LogP contribution in [0, 0.1) is 0 Å². The summed E-state index contributed by atoms with van der Waals surface area (Å²) in [5.41, 5.74) is 3.01. The van der Waals surface area contributed by atoms with Gasteiger partial charge in [0.25, 0.3) is 5.91 Å². The lowest BCUT2D eigenvalue weighted by atomic mass is 9.94. The monoisotopic (exact) mass is 369 g/mol. The fourth-order valence-electron chi connectivity index (χ4n) is 4.35.